The molecule has 0 atom stereocenters. The highest BCUT2D eigenvalue weighted by molar-refractivity contribution is 5.74. The Balaban J connectivity index is 1.77. The second kappa shape index (κ2) is 6.98. The van der Waals surface area contributed by atoms with Crippen LogP contribution in [0.1, 0.15) is 45.4 Å². The van der Waals surface area contributed by atoms with Gasteiger partial charge in [0.15, 0.2) is 0 Å². The van der Waals surface area contributed by atoms with Crippen molar-refractivity contribution in [1.82, 2.24) is 15.5 Å². The van der Waals surface area contributed by atoms with Crippen LogP contribution in [0.5, 0.6) is 0 Å². The molecule has 104 valence electrons. The minimum Gasteiger partial charge on any atom is -0.338 e. The molecule has 1 aliphatic heterocycles. The van der Waals surface area contributed by atoms with Crippen molar-refractivity contribution in [1.29, 1.82) is 0 Å². The molecule has 1 saturated heterocycles. The number of amides is 2. The number of rotatable bonds is 6. The zero-order valence-electron chi connectivity index (χ0n) is 11.6. The summed E-state index contributed by atoms with van der Waals surface area (Å²) in [5.74, 6) is 0.698. The number of piperidine rings is 1. The lowest BCUT2D eigenvalue weighted by molar-refractivity contribution is 0.176. The fourth-order valence-corrected chi connectivity index (χ4v) is 2.60. The molecular weight excluding hydrogens is 226 g/mol. The van der Waals surface area contributed by atoms with Gasteiger partial charge in [0.25, 0.3) is 0 Å². The third-order valence-electron chi connectivity index (χ3n) is 3.97. The van der Waals surface area contributed by atoms with Gasteiger partial charge in [-0.15, -0.1) is 0 Å². The van der Waals surface area contributed by atoms with Crippen molar-refractivity contribution >= 4 is 6.03 Å². The fraction of sp³-hybridized carbons (Fsp3) is 0.929. The van der Waals surface area contributed by atoms with E-state index in [-0.39, 0.29) is 6.03 Å². The van der Waals surface area contributed by atoms with Crippen molar-refractivity contribution in [2.45, 2.75) is 51.5 Å². The Bertz CT molecular complexity index is 260. The van der Waals surface area contributed by atoms with Gasteiger partial charge in [-0.1, -0.05) is 13.3 Å². The minimum atomic E-state index is 0.171. The van der Waals surface area contributed by atoms with Crippen LogP contribution < -0.4 is 10.6 Å². The normalized spacial score (nSPS) is 20.7. The number of nitrogens with zero attached hydrogens (tertiary/aromatic N) is 1. The molecule has 0 unspecified atom stereocenters. The van der Waals surface area contributed by atoms with E-state index in [1.54, 1.807) is 0 Å². The van der Waals surface area contributed by atoms with E-state index in [0.717, 1.165) is 39.0 Å². The first-order valence-electron chi connectivity index (χ1n) is 7.56. The van der Waals surface area contributed by atoms with Crippen LogP contribution in [-0.4, -0.2) is 43.2 Å². The number of carbonyl (C=O) groups excluding carboxylic acids is 1. The summed E-state index contributed by atoms with van der Waals surface area (Å²) in [5, 5.41) is 6.45. The zero-order valence-corrected chi connectivity index (χ0v) is 11.6. The predicted octanol–water partition coefficient (Wildman–Crippen LogP) is 1.96. The first-order chi connectivity index (χ1) is 8.81. The minimum absolute atomic E-state index is 0.171. The van der Waals surface area contributed by atoms with Crippen molar-refractivity contribution in [3.8, 4) is 0 Å². The van der Waals surface area contributed by atoms with E-state index in [4.69, 9.17) is 0 Å². The standard InChI is InChI=1S/C14H27N3O/c1-2-3-8-16-14(18)17(13-4-5-13)11-12-6-9-15-10-7-12/h12-13,15H,2-11H2,1H3,(H,16,18). The molecule has 0 aromatic rings. The molecule has 0 aromatic carbocycles. The summed E-state index contributed by atoms with van der Waals surface area (Å²) in [6.45, 7) is 6.16. The Morgan fingerprint density at radius 3 is 2.61 bits per heavy atom. The van der Waals surface area contributed by atoms with Gasteiger partial charge in [-0.3, -0.25) is 0 Å². The second-order valence-corrected chi connectivity index (χ2v) is 5.66. The fourth-order valence-electron chi connectivity index (χ4n) is 2.60. The van der Waals surface area contributed by atoms with Crippen molar-refractivity contribution in [3.05, 3.63) is 0 Å². The monoisotopic (exact) mass is 253 g/mol. The third kappa shape index (κ3) is 4.16. The van der Waals surface area contributed by atoms with Gasteiger partial charge in [-0.25, -0.2) is 4.79 Å². The summed E-state index contributed by atoms with van der Waals surface area (Å²) < 4.78 is 0. The maximum absolute atomic E-state index is 12.2. The zero-order chi connectivity index (χ0) is 12.8. The SMILES string of the molecule is CCCCNC(=O)N(CC1CCNCC1)C1CC1. The molecule has 1 aliphatic carbocycles. The number of urea groups is 1. The molecule has 4 heteroatoms. The summed E-state index contributed by atoms with van der Waals surface area (Å²) in [7, 11) is 0. The highest BCUT2D eigenvalue weighted by Crippen LogP contribution is 2.28. The van der Waals surface area contributed by atoms with Crippen LogP contribution in [-0.2, 0) is 0 Å². The molecule has 0 radical (unpaired) electrons. The summed E-state index contributed by atoms with van der Waals surface area (Å²) in [5.41, 5.74) is 0. The van der Waals surface area contributed by atoms with Gasteiger partial charge in [-0.2, -0.15) is 0 Å². The molecule has 2 N–H and O–H groups in total. The third-order valence-corrected chi connectivity index (χ3v) is 3.97. The summed E-state index contributed by atoms with van der Waals surface area (Å²) in [6, 6.07) is 0.700. The smallest absolute Gasteiger partial charge is 0.317 e. The number of unbranched alkanes of at least 4 members (excludes halogenated alkanes) is 1. The van der Waals surface area contributed by atoms with Crippen LogP contribution >= 0.6 is 0 Å². The van der Waals surface area contributed by atoms with E-state index >= 15 is 0 Å². The van der Waals surface area contributed by atoms with Gasteiger partial charge in [0.2, 0.25) is 0 Å². The topological polar surface area (TPSA) is 44.4 Å². The first kappa shape index (κ1) is 13.7. The van der Waals surface area contributed by atoms with Crippen molar-refractivity contribution in [2.75, 3.05) is 26.2 Å². The molecule has 0 spiro atoms. The van der Waals surface area contributed by atoms with Crippen LogP contribution in [0.3, 0.4) is 0 Å². The number of nitrogens with one attached hydrogen (secondary N) is 2. The summed E-state index contributed by atoms with van der Waals surface area (Å²) in [6.07, 6.45) is 7.05. The Morgan fingerprint density at radius 2 is 2.00 bits per heavy atom. The van der Waals surface area contributed by atoms with Crippen molar-refractivity contribution in [2.24, 2.45) is 5.92 Å². The van der Waals surface area contributed by atoms with Gasteiger partial charge < -0.3 is 15.5 Å². The van der Waals surface area contributed by atoms with Crippen LogP contribution in [0.2, 0.25) is 0 Å². The van der Waals surface area contributed by atoms with Crippen LogP contribution in [0.4, 0.5) is 4.79 Å². The van der Waals surface area contributed by atoms with E-state index in [0.29, 0.717) is 12.0 Å². The molecule has 0 bridgehead atoms. The lowest BCUT2D eigenvalue weighted by Crippen LogP contribution is -2.45. The van der Waals surface area contributed by atoms with E-state index in [2.05, 4.69) is 22.5 Å². The Labute approximate surface area is 110 Å². The lowest BCUT2D eigenvalue weighted by Gasteiger charge is -2.30. The van der Waals surface area contributed by atoms with Gasteiger partial charge in [0.05, 0.1) is 0 Å². The highest BCUT2D eigenvalue weighted by atomic mass is 16.2. The molecule has 1 heterocycles. The molecule has 2 fully saturated rings. The molecule has 2 amide bonds. The largest absolute Gasteiger partial charge is 0.338 e. The Hall–Kier alpha value is -0.770. The highest BCUT2D eigenvalue weighted by Gasteiger charge is 2.34. The van der Waals surface area contributed by atoms with E-state index in [9.17, 15) is 4.79 Å². The number of hydrogen-bond acceptors (Lipinski definition) is 2. The lowest BCUT2D eigenvalue weighted by atomic mass is 9.97. The van der Waals surface area contributed by atoms with Crippen LogP contribution in [0, 0.1) is 5.92 Å². The van der Waals surface area contributed by atoms with E-state index < -0.39 is 0 Å². The van der Waals surface area contributed by atoms with Gasteiger partial charge in [0.1, 0.15) is 0 Å². The molecule has 2 aliphatic rings. The molecule has 18 heavy (non-hydrogen) atoms. The van der Waals surface area contributed by atoms with Crippen molar-refractivity contribution < 1.29 is 4.79 Å². The number of hydrogen-bond donors (Lipinski definition) is 2. The average molecular weight is 253 g/mol. The van der Waals surface area contributed by atoms with Crippen LogP contribution in [0.25, 0.3) is 0 Å². The average Bonchev–Trinajstić information content (AvgIpc) is 3.21. The predicted molar refractivity (Wildman–Crippen MR) is 73.6 cm³/mol. The van der Waals surface area contributed by atoms with Gasteiger partial charge in [-0.05, 0) is 51.1 Å². The van der Waals surface area contributed by atoms with E-state index in [1.807, 2.05) is 0 Å². The Morgan fingerprint density at radius 1 is 1.28 bits per heavy atom. The first-order valence-corrected chi connectivity index (χ1v) is 7.56. The summed E-state index contributed by atoms with van der Waals surface area (Å²) >= 11 is 0. The maximum atomic E-state index is 12.2. The molecule has 1 saturated carbocycles. The molecule has 4 nitrogen and oxygen atoms in total. The molecule has 2 rings (SSSR count). The summed E-state index contributed by atoms with van der Waals surface area (Å²) in [4.78, 5) is 14.3. The quantitative estimate of drug-likeness (QED) is 0.711. The van der Waals surface area contributed by atoms with Crippen LogP contribution in [0.15, 0.2) is 0 Å². The molecular formula is C14H27N3O. The van der Waals surface area contributed by atoms with E-state index in [1.165, 1.54) is 25.7 Å². The van der Waals surface area contributed by atoms with Gasteiger partial charge >= 0.3 is 6.03 Å². The van der Waals surface area contributed by atoms with Crippen molar-refractivity contribution in [3.63, 3.8) is 0 Å². The molecule has 0 aromatic heterocycles. The maximum Gasteiger partial charge on any atom is 0.317 e. The van der Waals surface area contributed by atoms with Gasteiger partial charge in [0, 0.05) is 19.1 Å². The Kier molecular flexibility index (Phi) is 5.29. The second-order valence-electron chi connectivity index (χ2n) is 5.66. The number of carbonyl (C=O) groups is 1.